The summed E-state index contributed by atoms with van der Waals surface area (Å²) in [5.41, 5.74) is 7.48. The van der Waals surface area contributed by atoms with Crippen LogP contribution in [0, 0.1) is 0 Å². The minimum atomic E-state index is 0.652. The molecule has 6 aromatic heterocycles. The van der Waals surface area contributed by atoms with Crippen molar-refractivity contribution in [2.75, 3.05) is 7.11 Å². The number of nitrogens with zero attached hydrogens (tertiary/aromatic N) is 4. The fourth-order valence-corrected chi connectivity index (χ4v) is 4.44. The third-order valence-electron chi connectivity index (χ3n) is 5.33. The highest BCUT2D eigenvalue weighted by atomic mass is 32.1. The minimum Gasteiger partial charge on any atom is -0.495 e. The monoisotopic (exact) mass is 424 g/mol. The van der Waals surface area contributed by atoms with Crippen molar-refractivity contribution in [2.24, 2.45) is 0 Å². The lowest BCUT2D eigenvalue weighted by Gasteiger charge is -2.04. The quantitative estimate of drug-likeness (QED) is 0.401. The first kappa shape index (κ1) is 17.8. The highest BCUT2D eigenvalue weighted by Crippen LogP contribution is 2.34. The standard InChI is InChI=1S/C23H16N6OS/c1-30-16-6-14(9-24-11-16)15-7-19-21(28-29-23(19)26-10-15)20-8-18-17(13-3-5-31-12-13)2-4-25-22(18)27-20/h2-12H,1H3,(H,25,27)(H,26,28,29). The lowest BCUT2D eigenvalue weighted by molar-refractivity contribution is 0.413. The number of thiophene rings is 1. The van der Waals surface area contributed by atoms with Gasteiger partial charge in [0.25, 0.3) is 0 Å². The predicted octanol–water partition coefficient (Wildman–Crippen LogP) is 5.30. The van der Waals surface area contributed by atoms with Gasteiger partial charge >= 0.3 is 0 Å². The smallest absolute Gasteiger partial charge is 0.181 e. The van der Waals surface area contributed by atoms with Crippen molar-refractivity contribution in [1.82, 2.24) is 30.1 Å². The molecule has 6 rings (SSSR count). The molecule has 0 aliphatic rings. The van der Waals surface area contributed by atoms with Gasteiger partial charge in [-0.15, -0.1) is 0 Å². The summed E-state index contributed by atoms with van der Waals surface area (Å²) >= 11 is 1.68. The Labute approximate surface area is 180 Å². The lowest BCUT2D eigenvalue weighted by atomic mass is 10.1. The van der Waals surface area contributed by atoms with Crippen LogP contribution in [0.4, 0.5) is 0 Å². The zero-order chi connectivity index (χ0) is 20.8. The zero-order valence-electron chi connectivity index (χ0n) is 16.5. The second-order valence-electron chi connectivity index (χ2n) is 7.12. The molecule has 31 heavy (non-hydrogen) atoms. The Morgan fingerprint density at radius 3 is 2.74 bits per heavy atom. The Hall–Kier alpha value is -4.04. The number of ether oxygens (including phenoxy) is 1. The molecule has 0 bridgehead atoms. The molecular formula is C23H16N6OS. The second-order valence-corrected chi connectivity index (χ2v) is 7.90. The number of nitrogens with one attached hydrogen (secondary N) is 2. The van der Waals surface area contributed by atoms with Crippen LogP contribution < -0.4 is 4.74 Å². The van der Waals surface area contributed by atoms with Gasteiger partial charge in [-0.3, -0.25) is 10.1 Å². The van der Waals surface area contributed by atoms with Crippen molar-refractivity contribution in [1.29, 1.82) is 0 Å². The maximum atomic E-state index is 5.30. The molecule has 6 aromatic rings. The van der Waals surface area contributed by atoms with Crippen LogP contribution >= 0.6 is 11.3 Å². The summed E-state index contributed by atoms with van der Waals surface area (Å²) in [5, 5.41) is 13.7. The summed E-state index contributed by atoms with van der Waals surface area (Å²) in [5.74, 6) is 0.702. The van der Waals surface area contributed by atoms with E-state index in [1.165, 1.54) is 5.56 Å². The average Bonchev–Trinajstić information content (AvgIpc) is 3.57. The van der Waals surface area contributed by atoms with Gasteiger partial charge in [0.1, 0.15) is 11.4 Å². The first-order chi connectivity index (χ1) is 15.3. The zero-order valence-corrected chi connectivity index (χ0v) is 17.3. The highest BCUT2D eigenvalue weighted by Gasteiger charge is 2.15. The van der Waals surface area contributed by atoms with Crippen molar-refractivity contribution in [3.63, 3.8) is 0 Å². The molecule has 0 atom stereocenters. The first-order valence-electron chi connectivity index (χ1n) is 9.64. The SMILES string of the molecule is COc1cncc(-c2cnc3n[nH]c(-c4cc5c(-c6ccsc6)ccnc5[nH]4)c3c2)c1. The molecule has 0 saturated carbocycles. The van der Waals surface area contributed by atoms with Gasteiger partial charge in [-0.05, 0) is 52.2 Å². The number of hydrogen-bond acceptors (Lipinski definition) is 6. The Morgan fingerprint density at radius 1 is 0.935 bits per heavy atom. The number of H-pyrrole nitrogens is 2. The van der Waals surface area contributed by atoms with Gasteiger partial charge in [-0.1, -0.05) is 0 Å². The Bertz CT molecular complexity index is 1530. The average molecular weight is 424 g/mol. The molecule has 6 heterocycles. The van der Waals surface area contributed by atoms with Gasteiger partial charge < -0.3 is 9.72 Å². The number of fused-ring (bicyclic) bond motifs is 2. The molecule has 0 unspecified atom stereocenters. The molecule has 0 aliphatic carbocycles. The molecule has 0 aliphatic heterocycles. The summed E-state index contributed by atoms with van der Waals surface area (Å²) in [6.07, 6.45) is 7.10. The lowest BCUT2D eigenvalue weighted by Crippen LogP contribution is -1.87. The normalized spacial score (nSPS) is 11.4. The number of methoxy groups -OCH3 is 1. The van der Waals surface area contributed by atoms with Crippen LogP contribution in [0.5, 0.6) is 5.75 Å². The Morgan fingerprint density at radius 2 is 1.87 bits per heavy atom. The van der Waals surface area contributed by atoms with Crippen molar-refractivity contribution < 1.29 is 4.74 Å². The van der Waals surface area contributed by atoms with E-state index in [9.17, 15) is 0 Å². The van der Waals surface area contributed by atoms with Gasteiger partial charge in [0.15, 0.2) is 5.65 Å². The summed E-state index contributed by atoms with van der Waals surface area (Å²) in [7, 11) is 1.63. The molecule has 7 nitrogen and oxygen atoms in total. The van der Waals surface area contributed by atoms with E-state index >= 15 is 0 Å². The summed E-state index contributed by atoms with van der Waals surface area (Å²) in [6.45, 7) is 0. The topological polar surface area (TPSA) is 92.4 Å². The maximum Gasteiger partial charge on any atom is 0.181 e. The van der Waals surface area contributed by atoms with Crippen molar-refractivity contribution in [2.45, 2.75) is 0 Å². The van der Waals surface area contributed by atoms with Gasteiger partial charge in [0.05, 0.1) is 24.7 Å². The first-order valence-corrected chi connectivity index (χ1v) is 10.6. The van der Waals surface area contributed by atoms with Crippen molar-refractivity contribution >= 4 is 33.4 Å². The minimum absolute atomic E-state index is 0.652. The highest BCUT2D eigenvalue weighted by molar-refractivity contribution is 7.08. The molecule has 0 fully saturated rings. The van der Waals surface area contributed by atoms with E-state index in [4.69, 9.17) is 4.74 Å². The summed E-state index contributed by atoms with van der Waals surface area (Å²) < 4.78 is 5.30. The van der Waals surface area contributed by atoms with Crippen LogP contribution in [0.1, 0.15) is 0 Å². The van der Waals surface area contributed by atoms with E-state index in [2.05, 4.69) is 59.1 Å². The van der Waals surface area contributed by atoms with Gasteiger partial charge in [-0.2, -0.15) is 16.4 Å². The van der Waals surface area contributed by atoms with Crippen LogP contribution in [0.3, 0.4) is 0 Å². The van der Waals surface area contributed by atoms with E-state index < -0.39 is 0 Å². The third-order valence-corrected chi connectivity index (χ3v) is 6.01. The molecular weight excluding hydrogens is 408 g/mol. The molecule has 0 spiro atoms. The van der Waals surface area contributed by atoms with Crippen LogP contribution in [0.2, 0.25) is 0 Å². The Balaban J connectivity index is 1.50. The van der Waals surface area contributed by atoms with E-state index in [0.717, 1.165) is 44.5 Å². The number of aromatic nitrogens is 6. The molecule has 0 aromatic carbocycles. The van der Waals surface area contributed by atoms with Crippen molar-refractivity contribution in [3.05, 3.63) is 65.9 Å². The fraction of sp³-hybridized carbons (Fsp3) is 0.0435. The van der Waals surface area contributed by atoms with E-state index in [1.54, 1.807) is 37.0 Å². The fourth-order valence-electron chi connectivity index (χ4n) is 3.78. The third kappa shape index (κ3) is 2.96. The van der Waals surface area contributed by atoms with Gasteiger partial charge in [0.2, 0.25) is 0 Å². The maximum absolute atomic E-state index is 5.30. The Kier molecular flexibility index (Phi) is 4.03. The number of rotatable bonds is 4. The molecule has 2 N–H and O–H groups in total. The predicted molar refractivity (Wildman–Crippen MR) is 122 cm³/mol. The molecule has 150 valence electrons. The molecule has 0 radical (unpaired) electrons. The van der Waals surface area contributed by atoms with Crippen LogP contribution in [0.25, 0.3) is 55.7 Å². The summed E-state index contributed by atoms with van der Waals surface area (Å²) in [4.78, 5) is 16.7. The second kappa shape index (κ2) is 7.03. The van der Waals surface area contributed by atoms with Crippen LogP contribution in [-0.2, 0) is 0 Å². The van der Waals surface area contributed by atoms with Gasteiger partial charge in [0, 0.05) is 40.5 Å². The number of hydrogen-bond donors (Lipinski definition) is 2. The van der Waals surface area contributed by atoms with E-state index in [-0.39, 0.29) is 0 Å². The molecule has 0 amide bonds. The van der Waals surface area contributed by atoms with Gasteiger partial charge in [-0.25, -0.2) is 9.97 Å². The van der Waals surface area contributed by atoms with Crippen molar-refractivity contribution in [3.8, 4) is 39.4 Å². The van der Waals surface area contributed by atoms with Crippen LogP contribution in [0.15, 0.2) is 65.9 Å². The summed E-state index contributed by atoms with van der Waals surface area (Å²) in [6, 6.07) is 10.3. The van der Waals surface area contributed by atoms with E-state index in [1.807, 2.05) is 18.3 Å². The largest absolute Gasteiger partial charge is 0.495 e. The number of aromatic amines is 2. The number of pyridine rings is 3. The van der Waals surface area contributed by atoms with E-state index in [0.29, 0.717) is 11.4 Å². The molecule has 0 saturated heterocycles. The van der Waals surface area contributed by atoms with Crippen LogP contribution in [-0.4, -0.2) is 37.2 Å². The molecule has 8 heteroatoms.